The van der Waals surface area contributed by atoms with Gasteiger partial charge in [-0.05, 0) is 30.7 Å². The highest BCUT2D eigenvalue weighted by Gasteiger charge is 2.38. The number of halogens is 4. The molecule has 11 nitrogen and oxygen atoms in total. The number of amides is 2. The molecule has 5 rings (SSSR count). The molecule has 43 heavy (non-hydrogen) atoms. The summed E-state index contributed by atoms with van der Waals surface area (Å²) in [6.07, 6.45) is -4.10. The Morgan fingerprint density at radius 3 is 2.70 bits per heavy atom. The summed E-state index contributed by atoms with van der Waals surface area (Å²) in [7, 11) is 4.36. The molecule has 1 saturated heterocycles. The lowest BCUT2D eigenvalue weighted by Crippen LogP contribution is -2.53. The Morgan fingerprint density at radius 2 is 1.98 bits per heavy atom. The van der Waals surface area contributed by atoms with E-state index in [9.17, 15) is 22.8 Å². The molecule has 2 amide bonds. The predicted molar refractivity (Wildman–Crippen MR) is 145 cm³/mol. The molecule has 0 aliphatic carbocycles. The van der Waals surface area contributed by atoms with Gasteiger partial charge in [0.2, 0.25) is 11.8 Å². The molecular formula is C28H28F4N6O5. The number of fused-ring (bicyclic) bond motifs is 1. The molecule has 1 aromatic heterocycles. The van der Waals surface area contributed by atoms with Crippen LogP contribution in [0.3, 0.4) is 0 Å². The number of hydrogen-bond donors (Lipinski definition) is 3. The summed E-state index contributed by atoms with van der Waals surface area (Å²) < 4.78 is 73.0. The Labute approximate surface area is 243 Å². The quantitative estimate of drug-likeness (QED) is 0.329. The van der Waals surface area contributed by atoms with Gasteiger partial charge in [-0.1, -0.05) is 12.1 Å². The van der Waals surface area contributed by atoms with Crippen molar-refractivity contribution in [3.05, 3.63) is 64.6 Å². The number of alkyl halides is 3. The molecule has 0 radical (unpaired) electrons. The number of methoxy groups -OCH3 is 2. The second kappa shape index (κ2) is 12.0. The van der Waals surface area contributed by atoms with Crippen molar-refractivity contribution in [3.63, 3.8) is 0 Å². The second-order valence-electron chi connectivity index (χ2n) is 9.97. The Balaban J connectivity index is 1.43. The number of ether oxygens (including phenoxy) is 3. The lowest BCUT2D eigenvalue weighted by atomic mass is 10.0. The highest BCUT2D eigenvalue weighted by molar-refractivity contribution is 6.01. The number of anilines is 2. The standard InChI is InChI=1S/C28H28F4N6O5/c1-38-13-14-5-4-6-20(23(14)26(38)40)43-25-16(28(30,31)32)11-34-27(37-25)36-19-10-17(29)15(9-21(19)41-2)24(39)35-18-7-8-33-12-22(18)42-3/h4-6,9-11,18,22,33H,7-8,12-13H2,1-3H3,(H,35,39)(H,34,36,37)/t18-,22-/m0/s1. The molecule has 2 aromatic carbocycles. The van der Waals surface area contributed by atoms with E-state index in [1.807, 2.05) is 0 Å². The number of nitrogens with one attached hydrogen (secondary N) is 3. The summed E-state index contributed by atoms with van der Waals surface area (Å²) in [5.41, 5.74) is -0.928. The van der Waals surface area contributed by atoms with Crippen molar-refractivity contribution in [2.45, 2.75) is 31.3 Å². The van der Waals surface area contributed by atoms with E-state index < -0.39 is 35.3 Å². The first-order valence-electron chi connectivity index (χ1n) is 13.2. The van der Waals surface area contributed by atoms with Crippen LogP contribution >= 0.6 is 0 Å². The van der Waals surface area contributed by atoms with Gasteiger partial charge in [0.15, 0.2) is 0 Å². The third-order valence-electron chi connectivity index (χ3n) is 7.17. The molecular weight excluding hydrogens is 576 g/mol. The van der Waals surface area contributed by atoms with E-state index in [-0.39, 0.29) is 53.0 Å². The normalized spacial score (nSPS) is 18.3. The van der Waals surface area contributed by atoms with E-state index in [0.717, 1.165) is 12.1 Å². The maximum absolute atomic E-state index is 15.2. The molecule has 15 heteroatoms. The van der Waals surface area contributed by atoms with E-state index in [0.29, 0.717) is 31.3 Å². The number of rotatable bonds is 8. The van der Waals surface area contributed by atoms with Crippen LogP contribution in [0.5, 0.6) is 17.4 Å². The summed E-state index contributed by atoms with van der Waals surface area (Å²) in [6.45, 7) is 1.45. The van der Waals surface area contributed by atoms with Crippen molar-refractivity contribution in [2.24, 2.45) is 0 Å². The van der Waals surface area contributed by atoms with Gasteiger partial charge in [0.05, 0.1) is 36.1 Å². The average Bonchev–Trinajstić information content (AvgIpc) is 3.26. The number of nitrogens with zero attached hydrogens (tertiary/aromatic N) is 3. The third kappa shape index (κ3) is 6.17. The summed E-state index contributed by atoms with van der Waals surface area (Å²) in [4.78, 5) is 34.6. The Morgan fingerprint density at radius 1 is 1.19 bits per heavy atom. The molecule has 2 atom stereocenters. The van der Waals surface area contributed by atoms with Crippen molar-refractivity contribution in [1.82, 2.24) is 25.5 Å². The van der Waals surface area contributed by atoms with Crippen molar-refractivity contribution >= 4 is 23.5 Å². The minimum absolute atomic E-state index is 0.000585. The lowest BCUT2D eigenvalue weighted by molar-refractivity contribution is -0.139. The molecule has 0 spiro atoms. The zero-order valence-corrected chi connectivity index (χ0v) is 23.3. The van der Waals surface area contributed by atoms with E-state index in [4.69, 9.17) is 14.2 Å². The fourth-order valence-corrected chi connectivity index (χ4v) is 4.96. The van der Waals surface area contributed by atoms with Crippen molar-refractivity contribution < 1.29 is 41.4 Å². The number of aromatic nitrogens is 2. The molecule has 0 bridgehead atoms. The van der Waals surface area contributed by atoms with Crippen molar-refractivity contribution in [2.75, 3.05) is 39.7 Å². The summed E-state index contributed by atoms with van der Waals surface area (Å²) >= 11 is 0. The van der Waals surface area contributed by atoms with E-state index >= 15 is 4.39 Å². The fraction of sp³-hybridized carbons (Fsp3) is 0.357. The summed E-state index contributed by atoms with van der Waals surface area (Å²) in [5.74, 6) is -3.37. The van der Waals surface area contributed by atoms with Crippen LogP contribution < -0.4 is 25.4 Å². The molecule has 2 aliphatic heterocycles. The van der Waals surface area contributed by atoms with Gasteiger partial charge in [-0.2, -0.15) is 18.2 Å². The van der Waals surface area contributed by atoms with Gasteiger partial charge in [-0.3, -0.25) is 9.59 Å². The Kier molecular flexibility index (Phi) is 8.37. The first-order chi connectivity index (χ1) is 20.5. The number of hydrogen-bond acceptors (Lipinski definition) is 9. The first kappa shape index (κ1) is 30.0. The van der Waals surface area contributed by atoms with Crippen LogP contribution in [0, 0.1) is 5.82 Å². The zero-order chi connectivity index (χ0) is 30.9. The van der Waals surface area contributed by atoms with Crippen LogP contribution in [0.15, 0.2) is 36.5 Å². The molecule has 228 valence electrons. The van der Waals surface area contributed by atoms with Gasteiger partial charge in [0, 0.05) is 39.5 Å². The average molecular weight is 605 g/mol. The third-order valence-corrected chi connectivity index (χ3v) is 7.17. The molecule has 3 aromatic rings. The lowest BCUT2D eigenvalue weighted by Gasteiger charge is -2.31. The van der Waals surface area contributed by atoms with Crippen LogP contribution in [0.25, 0.3) is 0 Å². The van der Waals surface area contributed by atoms with Gasteiger partial charge in [-0.25, -0.2) is 9.37 Å². The monoisotopic (exact) mass is 604 g/mol. The maximum atomic E-state index is 15.2. The zero-order valence-electron chi connectivity index (χ0n) is 23.3. The van der Waals surface area contributed by atoms with Gasteiger partial charge >= 0.3 is 6.18 Å². The van der Waals surface area contributed by atoms with Crippen LogP contribution in [0.4, 0.5) is 29.2 Å². The van der Waals surface area contributed by atoms with E-state index in [1.165, 1.54) is 25.2 Å². The van der Waals surface area contributed by atoms with Crippen LogP contribution in [0.2, 0.25) is 0 Å². The SMILES string of the molecule is COc1cc(C(=O)N[C@H]2CCNC[C@@H]2OC)c(F)cc1Nc1ncc(C(F)(F)F)c(Oc2cccc3c2C(=O)N(C)C3)n1. The van der Waals surface area contributed by atoms with Crippen LogP contribution in [-0.2, 0) is 17.5 Å². The Hall–Kier alpha value is -4.50. The molecule has 1 fully saturated rings. The van der Waals surface area contributed by atoms with Crippen molar-refractivity contribution in [1.29, 1.82) is 0 Å². The molecule has 3 heterocycles. The largest absolute Gasteiger partial charge is 0.495 e. The first-order valence-corrected chi connectivity index (χ1v) is 13.2. The number of carbonyl (C=O) groups is 2. The fourth-order valence-electron chi connectivity index (χ4n) is 4.96. The molecule has 3 N–H and O–H groups in total. The van der Waals surface area contributed by atoms with Crippen molar-refractivity contribution in [3.8, 4) is 17.4 Å². The van der Waals surface area contributed by atoms with E-state index in [1.54, 1.807) is 19.2 Å². The molecule has 0 unspecified atom stereocenters. The summed E-state index contributed by atoms with van der Waals surface area (Å²) in [5, 5.41) is 8.56. The number of carbonyl (C=O) groups excluding carboxylic acids is 2. The van der Waals surface area contributed by atoms with Gasteiger partial charge < -0.3 is 35.1 Å². The highest BCUT2D eigenvalue weighted by atomic mass is 19.4. The Bertz CT molecular complexity index is 1550. The van der Waals surface area contributed by atoms with E-state index in [2.05, 4.69) is 25.9 Å². The second-order valence-corrected chi connectivity index (χ2v) is 9.97. The molecule has 2 aliphatic rings. The number of benzene rings is 2. The van der Waals surface area contributed by atoms with Gasteiger partial charge in [-0.15, -0.1) is 0 Å². The highest BCUT2D eigenvalue weighted by Crippen LogP contribution is 2.40. The number of piperidine rings is 1. The minimum Gasteiger partial charge on any atom is -0.495 e. The van der Waals surface area contributed by atoms with Gasteiger partial charge in [0.25, 0.3) is 11.8 Å². The molecule has 0 saturated carbocycles. The topological polar surface area (TPSA) is 127 Å². The van der Waals surface area contributed by atoms with Crippen LogP contribution in [-0.4, -0.2) is 73.2 Å². The maximum Gasteiger partial charge on any atom is 0.423 e. The predicted octanol–water partition coefficient (Wildman–Crippen LogP) is 3.87. The van der Waals surface area contributed by atoms with Gasteiger partial charge in [0.1, 0.15) is 22.9 Å². The summed E-state index contributed by atoms with van der Waals surface area (Å²) in [6, 6.07) is 6.36. The van der Waals surface area contributed by atoms with Crippen LogP contribution in [0.1, 0.15) is 38.3 Å². The minimum atomic E-state index is -4.89. The smallest absolute Gasteiger partial charge is 0.423 e.